The van der Waals surface area contributed by atoms with E-state index in [2.05, 4.69) is 4.74 Å². The van der Waals surface area contributed by atoms with E-state index >= 15 is 0 Å². The van der Waals surface area contributed by atoms with Gasteiger partial charge in [0.05, 0.1) is 19.8 Å². The second kappa shape index (κ2) is 6.06. The van der Waals surface area contributed by atoms with Crippen molar-refractivity contribution >= 4 is 17.8 Å². The molecule has 1 heterocycles. The number of carbonyl (C=O) groups is 1. The highest BCUT2D eigenvalue weighted by Gasteiger charge is 2.17. The van der Waals surface area contributed by atoms with Crippen LogP contribution in [0.3, 0.4) is 0 Å². The molecule has 14 heavy (non-hydrogen) atoms. The quantitative estimate of drug-likeness (QED) is 0.532. The Morgan fingerprint density at radius 1 is 1.64 bits per heavy atom. The molecule has 0 aromatic carbocycles. The summed E-state index contributed by atoms with van der Waals surface area (Å²) in [6.45, 7) is 3.20. The van der Waals surface area contributed by atoms with Gasteiger partial charge in [-0.3, -0.25) is 0 Å². The second-order valence-electron chi connectivity index (χ2n) is 2.79. The van der Waals surface area contributed by atoms with Gasteiger partial charge in [-0.2, -0.15) is 0 Å². The molecule has 0 saturated carbocycles. The van der Waals surface area contributed by atoms with E-state index in [1.165, 1.54) is 6.92 Å². The summed E-state index contributed by atoms with van der Waals surface area (Å²) in [5.41, 5.74) is -0.689. The van der Waals surface area contributed by atoms with E-state index < -0.39 is 11.7 Å². The van der Waals surface area contributed by atoms with Crippen molar-refractivity contribution in [1.29, 1.82) is 0 Å². The maximum Gasteiger partial charge on any atom is 0.509 e. The molecular weight excluding hydrogens is 212 g/mol. The molecule has 0 radical (unpaired) electrons. The number of hydrogen-bond donors (Lipinski definition) is 0. The molecule has 1 rings (SSSR count). The van der Waals surface area contributed by atoms with Crippen LogP contribution in [-0.4, -0.2) is 44.3 Å². The molecule has 1 aliphatic heterocycles. The Bertz CT molecular complexity index is 179. The smallest absolute Gasteiger partial charge is 0.431 e. The third kappa shape index (κ3) is 4.64. The summed E-state index contributed by atoms with van der Waals surface area (Å²) < 4.78 is 19.6. The minimum absolute atomic E-state index is 0.127. The number of rotatable bonds is 3. The van der Waals surface area contributed by atoms with Crippen molar-refractivity contribution in [3.05, 3.63) is 0 Å². The number of carbonyl (C=O) groups excluding carboxylic acids is 1. The molecule has 0 aromatic heterocycles. The predicted molar refractivity (Wildman–Crippen MR) is 48.3 cm³/mol. The van der Waals surface area contributed by atoms with E-state index in [4.69, 9.17) is 25.8 Å². The monoisotopic (exact) mass is 224 g/mol. The summed E-state index contributed by atoms with van der Waals surface area (Å²) in [4.78, 5) is 10.9. The first kappa shape index (κ1) is 11.6. The van der Waals surface area contributed by atoms with Gasteiger partial charge in [-0.25, -0.2) is 4.79 Å². The molecule has 0 bridgehead atoms. The van der Waals surface area contributed by atoms with Crippen molar-refractivity contribution in [2.75, 3.05) is 26.4 Å². The Labute approximate surface area is 87.2 Å². The number of alkyl halides is 1. The van der Waals surface area contributed by atoms with Crippen LogP contribution < -0.4 is 0 Å². The van der Waals surface area contributed by atoms with Crippen LogP contribution in [0.4, 0.5) is 4.79 Å². The standard InChI is InChI=1S/C8H13ClO5/c1-6(9)14-8(10)13-5-7-4-11-2-3-12-7/h6-7H,2-5H2,1H3/t6?,7-/m0/s1. The first-order valence-corrected chi connectivity index (χ1v) is 4.79. The normalized spacial score (nSPS) is 24.0. The molecule has 82 valence electrons. The molecular formula is C8H13ClO5. The van der Waals surface area contributed by atoms with E-state index in [1.54, 1.807) is 0 Å². The first-order valence-electron chi connectivity index (χ1n) is 4.35. The van der Waals surface area contributed by atoms with Crippen LogP contribution in [0.2, 0.25) is 0 Å². The third-order valence-electron chi connectivity index (χ3n) is 1.53. The van der Waals surface area contributed by atoms with Crippen molar-refractivity contribution in [3.8, 4) is 0 Å². The highest BCUT2D eigenvalue weighted by molar-refractivity contribution is 6.19. The van der Waals surface area contributed by atoms with Crippen LogP contribution in [0.15, 0.2) is 0 Å². The summed E-state index contributed by atoms with van der Waals surface area (Å²) >= 11 is 5.42. The van der Waals surface area contributed by atoms with Crippen LogP contribution in [0.5, 0.6) is 0 Å². The average Bonchev–Trinajstić information content (AvgIpc) is 2.15. The molecule has 1 saturated heterocycles. The Hall–Kier alpha value is -0.520. The van der Waals surface area contributed by atoms with Gasteiger partial charge < -0.3 is 18.9 Å². The molecule has 1 aliphatic rings. The molecule has 2 atom stereocenters. The topological polar surface area (TPSA) is 54.0 Å². The zero-order chi connectivity index (χ0) is 10.4. The number of hydrogen-bond acceptors (Lipinski definition) is 5. The molecule has 0 aliphatic carbocycles. The van der Waals surface area contributed by atoms with Crippen LogP contribution >= 0.6 is 11.6 Å². The second-order valence-corrected chi connectivity index (χ2v) is 3.40. The van der Waals surface area contributed by atoms with Gasteiger partial charge in [0.1, 0.15) is 12.7 Å². The average molecular weight is 225 g/mol. The zero-order valence-electron chi connectivity index (χ0n) is 7.90. The Balaban J connectivity index is 2.09. The van der Waals surface area contributed by atoms with Crippen molar-refractivity contribution in [1.82, 2.24) is 0 Å². The lowest BCUT2D eigenvalue weighted by Gasteiger charge is -2.22. The summed E-state index contributed by atoms with van der Waals surface area (Å²) in [5, 5.41) is 0. The molecule has 1 fully saturated rings. The molecule has 1 unspecified atom stereocenters. The highest BCUT2D eigenvalue weighted by atomic mass is 35.5. The van der Waals surface area contributed by atoms with E-state index in [1.807, 2.05) is 0 Å². The summed E-state index contributed by atoms with van der Waals surface area (Å²) in [7, 11) is 0. The van der Waals surface area contributed by atoms with Gasteiger partial charge in [0.25, 0.3) is 0 Å². The van der Waals surface area contributed by atoms with E-state index in [9.17, 15) is 4.79 Å². The maximum atomic E-state index is 10.9. The fourth-order valence-corrected chi connectivity index (χ4v) is 1.03. The SMILES string of the molecule is CC(Cl)OC(=O)OC[C@@H]1COCCO1. The van der Waals surface area contributed by atoms with Gasteiger partial charge in [-0.15, -0.1) is 0 Å². The summed E-state index contributed by atoms with van der Waals surface area (Å²) in [6, 6.07) is 0. The van der Waals surface area contributed by atoms with Crippen LogP contribution in [-0.2, 0) is 18.9 Å². The minimum Gasteiger partial charge on any atom is -0.431 e. The van der Waals surface area contributed by atoms with Gasteiger partial charge in [0.2, 0.25) is 0 Å². The fourth-order valence-electron chi connectivity index (χ4n) is 0.960. The van der Waals surface area contributed by atoms with Gasteiger partial charge in [-0.1, -0.05) is 11.6 Å². The van der Waals surface area contributed by atoms with E-state index in [0.717, 1.165) is 0 Å². The Morgan fingerprint density at radius 2 is 2.43 bits per heavy atom. The molecule has 0 aromatic rings. The number of ether oxygens (including phenoxy) is 4. The first-order chi connectivity index (χ1) is 6.68. The van der Waals surface area contributed by atoms with Crippen molar-refractivity contribution in [2.45, 2.75) is 18.6 Å². The zero-order valence-corrected chi connectivity index (χ0v) is 8.66. The number of halogens is 1. The molecule has 0 spiro atoms. The molecule has 6 heteroatoms. The predicted octanol–water partition coefficient (Wildman–Crippen LogP) is 1.14. The highest BCUT2D eigenvalue weighted by Crippen LogP contribution is 2.03. The fraction of sp³-hybridized carbons (Fsp3) is 0.875. The largest absolute Gasteiger partial charge is 0.509 e. The van der Waals surface area contributed by atoms with Gasteiger partial charge >= 0.3 is 6.16 Å². The minimum atomic E-state index is -0.790. The van der Waals surface area contributed by atoms with Crippen LogP contribution in [0, 0.1) is 0 Å². The van der Waals surface area contributed by atoms with E-state index in [0.29, 0.717) is 19.8 Å². The van der Waals surface area contributed by atoms with Gasteiger partial charge in [0, 0.05) is 0 Å². The molecule has 5 nitrogen and oxygen atoms in total. The molecule has 0 N–H and O–H groups in total. The lowest BCUT2D eigenvalue weighted by atomic mass is 10.4. The summed E-state index contributed by atoms with van der Waals surface area (Å²) in [5.74, 6) is 0. The van der Waals surface area contributed by atoms with Crippen LogP contribution in [0.1, 0.15) is 6.92 Å². The van der Waals surface area contributed by atoms with Gasteiger partial charge in [0.15, 0.2) is 5.56 Å². The maximum absolute atomic E-state index is 10.9. The van der Waals surface area contributed by atoms with Crippen molar-refractivity contribution in [2.24, 2.45) is 0 Å². The molecule has 0 amide bonds. The third-order valence-corrected chi connectivity index (χ3v) is 1.62. The lowest BCUT2D eigenvalue weighted by Crippen LogP contribution is -2.33. The van der Waals surface area contributed by atoms with Crippen molar-refractivity contribution in [3.63, 3.8) is 0 Å². The van der Waals surface area contributed by atoms with Gasteiger partial charge in [-0.05, 0) is 6.92 Å². The Morgan fingerprint density at radius 3 is 3.00 bits per heavy atom. The Kier molecular flexibility index (Phi) is 5.00. The lowest BCUT2D eigenvalue weighted by molar-refractivity contribution is -0.110. The van der Waals surface area contributed by atoms with Crippen molar-refractivity contribution < 1.29 is 23.7 Å². The van der Waals surface area contributed by atoms with Crippen LogP contribution in [0.25, 0.3) is 0 Å². The van der Waals surface area contributed by atoms with E-state index in [-0.39, 0.29) is 12.7 Å². The summed E-state index contributed by atoms with van der Waals surface area (Å²) in [6.07, 6.45) is -0.997.